The average Bonchev–Trinajstić information content (AvgIpc) is 3.19. The number of hydrogen-bond acceptors (Lipinski definition) is 5. The topological polar surface area (TPSA) is 68.3 Å². The fourth-order valence-electron chi connectivity index (χ4n) is 2.98. The van der Waals surface area contributed by atoms with Crippen LogP contribution in [0.1, 0.15) is 10.4 Å². The van der Waals surface area contributed by atoms with Gasteiger partial charge in [-0.05, 0) is 18.2 Å². The van der Waals surface area contributed by atoms with Crippen molar-refractivity contribution in [3.8, 4) is 0 Å². The molecule has 2 fully saturated rings. The summed E-state index contributed by atoms with van der Waals surface area (Å²) < 4.78 is 15.7. The van der Waals surface area contributed by atoms with Gasteiger partial charge in [0.25, 0.3) is 5.91 Å². The molecule has 0 unspecified atom stereocenters. The number of nitrogens with zero attached hydrogens (tertiary/aromatic N) is 2. The Morgan fingerprint density at radius 2 is 1.91 bits per heavy atom. The first-order valence-corrected chi connectivity index (χ1v) is 7.53. The minimum Gasteiger partial charge on any atom is -0.447 e. The smallest absolute Gasteiger partial charge is 0.414 e. The van der Waals surface area contributed by atoms with Gasteiger partial charge in [0.2, 0.25) is 0 Å². The Labute approximate surface area is 134 Å². The van der Waals surface area contributed by atoms with E-state index in [1.807, 2.05) is 0 Å². The first-order valence-electron chi connectivity index (χ1n) is 7.53. The van der Waals surface area contributed by atoms with Crippen molar-refractivity contribution < 1.29 is 23.8 Å². The highest BCUT2D eigenvalue weighted by Gasteiger charge is 2.36. The minimum atomic E-state index is -0.380. The van der Waals surface area contributed by atoms with E-state index in [-0.39, 0.29) is 24.2 Å². The van der Waals surface area contributed by atoms with E-state index < -0.39 is 0 Å². The summed E-state index contributed by atoms with van der Waals surface area (Å²) in [5.41, 5.74) is 1.21. The van der Waals surface area contributed by atoms with Crippen molar-refractivity contribution in [2.75, 3.05) is 45.4 Å². The first-order chi connectivity index (χ1) is 11.1. The number of benzene rings is 1. The summed E-state index contributed by atoms with van der Waals surface area (Å²) in [6.45, 7) is 1.85. The molecule has 0 N–H and O–H groups in total. The molecule has 0 aliphatic carbocycles. The van der Waals surface area contributed by atoms with Crippen molar-refractivity contribution in [1.82, 2.24) is 4.90 Å². The maximum atomic E-state index is 12.7. The molecule has 2 aliphatic rings. The maximum Gasteiger partial charge on any atom is 0.414 e. The molecule has 2 heterocycles. The van der Waals surface area contributed by atoms with E-state index in [1.165, 1.54) is 4.90 Å². The number of rotatable bonds is 4. The van der Waals surface area contributed by atoms with E-state index in [4.69, 9.17) is 14.2 Å². The molecule has 0 aromatic heterocycles. The van der Waals surface area contributed by atoms with E-state index in [2.05, 4.69) is 0 Å². The van der Waals surface area contributed by atoms with Gasteiger partial charge in [-0.15, -0.1) is 0 Å². The van der Waals surface area contributed by atoms with Crippen molar-refractivity contribution in [2.24, 2.45) is 0 Å². The van der Waals surface area contributed by atoms with E-state index in [1.54, 1.807) is 43.4 Å². The van der Waals surface area contributed by atoms with Crippen LogP contribution in [0.2, 0.25) is 0 Å². The number of carbonyl (C=O) groups is 2. The lowest BCUT2D eigenvalue weighted by atomic mass is 10.1. The van der Waals surface area contributed by atoms with Crippen molar-refractivity contribution >= 4 is 17.7 Å². The summed E-state index contributed by atoms with van der Waals surface area (Å²) >= 11 is 0. The van der Waals surface area contributed by atoms with Gasteiger partial charge in [0, 0.05) is 38.6 Å². The van der Waals surface area contributed by atoms with E-state index >= 15 is 0 Å². The van der Waals surface area contributed by atoms with E-state index in [9.17, 15) is 9.59 Å². The number of hydrogen-bond donors (Lipinski definition) is 0. The normalized spacial score (nSPS) is 24.2. The summed E-state index contributed by atoms with van der Waals surface area (Å²) in [6, 6.07) is 7.03. The Hall–Kier alpha value is -2.12. The zero-order valence-electron chi connectivity index (χ0n) is 13.2. The Morgan fingerprint density at radius 3 is 2.48 bits per heavy atom. The largest absolute Gasteiger partial charge is 0.447 e. The number of amides is 2. The third kappa shape index (κ3) is 3.02. The fourth-order valence-corrected chi connectivity index (χ4v) is 2.98. The second-order valence-corrected chi connectivity index (χ2v) is 5.57. The average molecular weight is 320 g/mol. The molecule has 23 heavy (non-hydrogen) atoms. The predicted octanol–water partition coefficient (Wildman–Crippen LogP) is 1.13. The molecule has 2 atom stereocenters. The molecule has 1 aromatic carbocycles. The highest BCUT2D eigenvalue weighted by Crippen LogP contribution is 2.23. The quantitative estimate of drug-likeness (QED) is 0.832. The summed E-state index contributed by atoms with van der Waals surface area (Å²) in [5, 5.41) is 0. The van der Waals surface area contributed by atoms with Gasteiger partial charge in [-0.2, -0.15) is 0 Å². The third-order valence-corrected chi connectivity index (χ3v) is 4.27. The van der Waals surface area contributed by atoms with Gasteiger partial charge < -0.3 is 19.1 Å². The highest BCUT2D eigenvalue weighted by atomic mass is 16.6. The Bertz CT molecular complexity index is 594. The van der Waals surface area contributed by atoms with Crippen molar-refractivity contribution in [1.29, 1.82) is 0 Å². The Kier molecular flexibility index (Phi) is 4.49. The van der Waals surface area contributed by atoms with Gasteiger partial charge >= 0.3 is 6.09 Å². The predicted molar refractivity (Wildman–Crippen MR) is 82.6 cm³/mol. The zero-order chi connectivity index (χ0) is 16.4. The zero-order valence-corrected chi connectivity index (χ0v) is 13.2. The SMILES string of the molecule is CO[C@H]1CN(C(=O)c2cccc(N3CCOC3=O)c2)C[C@H]1OC. The van der Waals surface area contributed by atoms with Crippen LogP contribution in [-0.2, 0) is 14.2 Å². The van der Waals surface area contributed by atoms with Crippen LogP contribution in [0.15, 0.2) is 24.3 Å². The second kappa shape index (κ2) is 6.55. The molecule has 0 saturated carbocycles. The van der Waals surface area contributed by atoms with Crippen LogP contribution in [0.4, 0.5) is 10.5 Å². The van der Waals surface area contributed by atoms with Crippen LogP contribution in [0.25, 0.3) is 0 Å². The van der Waals surface area contributed by atoms with Gasteiger partial charge in [-0.1, -0.05) is 6.07 Å². The van der Waals surface area contributed by atoms with Crippen LogP contribution in [0.5, 0.6) is 0 Å². The molecular formula is C16H20N2O5. The second-order valence-electron chi connectivity index (χ2n) is 5.57. The van der Waals surface area contributed by atoms with Crippen molar-refractivity contribution in [3.63, 3.8) is 0 Å². The molecule has 7 nitrogen and oxygen atoms in total. The first kappa shape index (κ1) is 15.8. The maximum absolute atomic E-state index is 12.7. The van der Waals surface area contributed by atoms with Crippen LogP contribution in [0, 0.1) is 0 Å². The van der Waals surface area contributed by atoms with Gasteiger partial charge in [0.15, 0.2) is 0 Å². The molecule has 7 heteroatoms. The molecule has 3 rings (SSSR count). The number of anilines is 1. The van der Waals surface area contributed by atoms with Gasteiger partial charge in [-0.3, -0.25) is 9.69 Å². The molecule has 2 aliphatic heterocycles. The number of cyclic esters (lactones) is 1. The molecule has 0 radical (unpaired) electrons. The van der Waals surface area contributed by atoms with Gasteiger partial charge in [0.05, 0.1) is 6.54 Å². The monoisotopic (exact) mass is 320 g/mol. The van der Waals surface area contributed by atoms with E-state index in [0.717, 1.165) is 0 Å². The van der Waals surface area contributed by atoms with E-state index in [0.29, 0.717) is 37.5 Å². The van der Waals surface area contributed by atoms with Gasteiger partial charge in [-0.25, -0.2) is 4.79 Å². The molecule has 1 aromatic rings. The molecule has 0 spiro atoms. The molecule has 124 valence electrons. The molecule has 0 bridgehead atoms. The number of carbonyl (C=O) groups excluding carboxylic acids is 2. The molecule has 2 saturated heterocycles. The fraction of sp³-hybridized carbons (Fsp3) is 0.500. The number of ether oxygens (including phenoxy) is 3. The number of likely N-dealkylation sites (tertiary alicyclic amines) is 1. The minimum absolute atomic E-state index is 0.0963. The third-order valence-electron chi connectivity index (χ3n) is 4.27. The lowest BCUT2D eigenvalue weighted by Crippen LogP contribution is -2.30. The molecule has 2 amide bonds. The summed E-state index contributed by atoms with van der Waals surface area (Å²) in [7, 11) is 3.23. The molecular weight excluding hydrogens is 300 g/mol. The summed E-state index contributed by atoms with van der Waals surface area (Å²) in [4.78, 5) is 27.6. The lowest BCUT2D eigenvalue weighted by molar-refractivity contribution is -0.00461. The highest BCUT2D eigenvalue weighted by molar-refractivity contribution is 5.97. The lowest BCUT2D eigenvalue weighted by Gasteiger charge is -2.18. The van der Waals surface area contributed by atoms with Crippen LogP contribution in [-0.4, -0.2) is 69.6 Å². The Balaban J connectivity index is 1.77. The van der Waals surface area contributed by atoms with Crippen molar-refractivity contribution in [2.45, 2.75) is 12.2 Å². The summed E-state index contributed by atoms with van der Waals surface area (Å²) in [6.07, 6.45) is -0.629. The number of methoxy groups -OCH3 is 2. The summed E-state index contributed by atoms with van der Waals surface area (Å²) in [5.74, 6) is -0.0963. The van der Waals surface area contributed by atoms with Crippen LogP contribution < -0.4 is 4.90 Å². The van der Waals surface area contributed by atoms with Crippen LogP contribution in [0.3, 0.4) is 0 Å². The van der Waals surface area contributed by atoms with Crippen molar-refractivity contribution in [3.05, 3.63) is 29.8 Å². The van der Waals surface area contributed by atoms with Gasteiger partial charge in [0.1, 0.15) is 18.8 Å². The Morgan fingerprint density at radius 1 is 1.22 bits per heavy atom. The standard InChI is InChI=1S/C16H20N2O5/c1-21-13-9-17(10-14(13)22-2)15(19)11-4-3-5-12(8-11)18-6-7-23-16(18)20/h3-5,8,13-14H,6-7,9-10H2,1-2H3/t13-,14+. The van der Waals surface area contributed by atoms with Crippen LogP contribution >= 0.6 is 0 Å².